The first kappa shape index (κ1) is 32.2. The lowest BCUT2D eigenvalue weighted by atomic mass is 9.86. The summed E-state index contributed by atoms with van der Waals surface area (Å²) in [6.07, 6.45) is 6.16. The molecule has 0 radical (unpaired) electrons. The SMILES string of the molecule is C/C1=C2\CN(S(=O)(=O)c3ccc(C)cc3)[C@@H](COC(=O)c3cc([N+](=O)[O-])cc([N+](=O)[O-])c3)[C@@H]2CC/C=C\C1.ClCCl. The largest absolute Gasteiger partial charge is 0.460 e. The Kier molecular flexibility index (Phi) is 11.0. The lowest BCUT2D eigenvalue weighted by molar-refractivity contribution is -0.394. The predicted octanol–water partition coefficient (Wildman–Crippen LogP) is 6.14. The highest BCUT2D eigenvalue weighted by Gasteiger charge is 2.45. The van der Waals surface area contributed by atoms with E-state index in [2.05, 4.69) is 6.08 Å². The highest BCUT2D eigenvalue weighted by atomic mass is 35.5. The van der Waals surface area contributed by atoms with Gasteiger partial charge in [-0.25, -0.2) is 13.2 Å². The minimum Gasteiger partial charge on any atom is -0.460 e. The number of nitro benzene ring substituents is 2. The van der Waals surface area contributed by atoms with Crippen LogP contribution in [0.25, 0.3) is 0 Å². The van der Waals surface area contributed by atoms with Gasteiger partial charge in [0.25, 0.3) is 11.4 Å². The van der Waals surface area contributed by atoms with Gasteiger partial charge in [0.05, 0.1) is 37.8 Å². The minimum atomic E-state index is -3.95. The molecule has 11 nitrogen and oxygen atoms in total. The van der Waals surface area contributed by atoms with Gasteiger partial charge in [-0.1, -0.05) is 41.0 Å². The third kappa shape index (κ3) is 7.70. The summed E-state index contributed by atoms with van der Waals surface area (Å²) in [7, 11) is -3.95. The molecule has 2 aromatic rings. The number of ether oxygens (including phenoxy) is 1. The van der Waals surface area contributed by atoms with E-state index in [4.69, 9.17) is 27.9 Å². The molecule has 2 aromatic carbocycles. The molecule has 220 valence electrons. The monoisotopic (exact) mass is 625 g/mol. The van der Waals surface area contributed by atoms with Gasteiger partial charge in [0.2, 0.25) is 10.0 Å². The van der Waals surface area contributed by atoms with E-state index in [1.54, 1.807) is 24.3 Å². The van der Waals surface area contributed by atoms with Crippen LogP contribution in [0.1, 0.15) is 42.1 Å². The summed E-state index contributed by atoms with van der Waals surface area (Å²) >= 11 is 9.53. The van der Waals surface area contributed by atoms with E-state index in [-0.39, 0.29) is 34.9 Å². The lowest BCUT2D eigenvalue weighted by Gasteiger charge is -2.27. The first-order valence-electron chi connectivity index (χ1n) is 12.6. The summed E-state index contributed by atoms with van der Waals surface area (Å²) in [6, 6.07) is 8.36. The van der Waals surface area contributed by atoms with Crippen molar-refractivity contribution in [2.45, 2.75) is 44.0 Å². The van der Waals surface area contributed by atoms with Gasteiger partial charge in [0, 0.05) is 24.6 Å². The fourth-order valence-corrected chi connectivity index (χ4v) is 6.54. The van der Waals surface area contributed by atoms with Crippen LogP contribution >= 0.6 is 23.2 Å². The van der Waals surface area contributed by atoms with E-state index in [1.807, 2.05) is 19.9 Å². The molecule has 1 fully saturated rings. The van der Waals surface area contributed by atoms with Crippen LogP contribution < -0.4 is 0 Å². The van der Waals surface area contributed by atoms with Crippen LogP contribution in [-0.2, 0) is 14.8 Å². The Morgan fingerprint density at radius 2 is 1.61 bits per heavy atom. The zero-order chi connectivity index (χ0) is 30.3. The van der Waals surface area contributed by atoms with Crippen molar-refractivity contribution in [3.63, 3.8) is 0 Å². The van der Waals surface area contributed by atoms with E-state index in [0.717, 1.165) is 41.3 Å². The Morgan fingerprint density at radius 3 is 2.17 bits per heavy atom. The number of esters is 1. The van der Waals surface area contributed by atoms with Crippen LogP contribution in [-0.4, -0.2) is 53.1 Å². The number of hydrogen-bond acceptors (Lipinski definition) is 8. The van der Waals surface area contributed by atoms with E-state index in [1.165, 1.54) is 4.31 Å². The number of fused-ring (bicyclic) bond motifs is 1. The van der Waals surface area contributed by atoms with Gasteiger partial charge in [-0.2, -0.15) is 4.31 Å². The third-order valence-corrected chi connectivity index (χ3v) is 8.85. The molecule has 0 aromatic heterocycles. The second-order valence-corrected chi connectivity index (χ2v) is 12.2. The molecule has 2 aliphatic rings. The van der Waals surface area contributed by atoms with Crippen LogP contribution in [0, 0.1) is 33.1 Å². The first-order valence-corrected chi connectivity index (χ1v) is 15.1. The molecule has 41 heavy (non-hydrogen) atoms. The van der Waals surface area contributed by atoms with E-state index < -0.39 is 43.3 Å². The van der Waals surface area contributed by atoms with Crippen LogP contribution in [0.3, 0.4) is 0 Å². The maximum atomic E-state index is 13.7. The van der Waals surface area contributed by atoms with Crippen molar-refractivity contribution in [3.05, 3.63) is 97.1 Å². The molecule has 0 bridgehead atoms. The van der Waals surface area contributed by atoms with Crippen LogP contribution in [0.4, 0.5) is 11.4 Å². The molecule has 0 spiro atoms. The Bertz CT molecular complexity index is 1440. The summed E-state index contributed by atoms with van der Waals surface area (Å²) in [6.45, 7) is 3.66. The number of sulfonamides is 1. The molecule has 1 heterocycles. The topological polar surface area (TPSA) is 150 Å². The molecule has 0 saturated carbocycles. The fourth-order valence-electron chi connectivity index (χ4n) is 4.91. The van der Waals surface area contributed by atoms with Gasteiger partial charge in [-0.05, 0) is 45.2 Å². The van der Waals surface area contributed by atoms with E-state index in [0.29, 0.717) is 12.8 Å². The summed E-state index contributed by atoms with van der Waals surface area (Å²) < 4.78 is 34.3. The zero-order valence-corrected chi connectivity index (χ0v) is 24.7. The molecule has 0 N–H and O–H groups in total. The number of nitrogens with zero attached hydrogens (tertiary/aromatic N) is 3. The summed E-state index contributed by atoms with van der Waals surface area (Å²) in [5.74, 6) is -1.21. The highest BCUT2D eigenvalue weighted by Crippen LogP contribution is 2.40. The van der Waals surface area contributed by atoms with Crippen molar-refractivity contribution in [3.8, 4) is 0 Å². The molecule has 0 unspecified atom stereocenters. The number of aryl methyl sites for hydroxylation is 1. The first-order chi connectivity index (χ1) is 19.4. The molecule has 14 heteroatoms. The Labute approximate surface area is 247 Å². The third-order valence-electron chi connectivity index (χ3n) is 6.96. The Balaban J connectivity index is 0.00000147. The van der Waals surface area contributed by atoms with Crippen LogP contribution in [0.5, 0.6) is 0 Å². The second kappa shape index (κ2) is 14.0. The van der Waals surface area contributed by atoms with Gasteiger partial charge < -0.3 is 4.74 Å². The maximum absolute atomic E-state index is 13.7. The zero-order valence-electron chi connectivity index (χ0n) is 22.4. The number of carbonyl (C=O) groups is 1. The van der Waals surface area contributed by atoms with Gasteiger partial charge in [0.1, 0.15) is 6.61 Å². The van der Waals surface area contributed by atoms with Gasteiger partial charge in [-0.3, -0.25) is 20.2 Å². The number of benzene rings is 2. The molecule has 1 saturated heterocycles. The van der Waals surface area contributed by atoms with Crippen LogP contribution in [0.15, 0.2) is 70.7 Å². The highest BCUT2D eigenvalue weighted by molar-refractivity contribution is 7.89. The van der Waals surface area contributed by atoms with Crippen molar-refractivity contribution >= 4 is 50.6 Å². The quantitative estimate of drug-likeness (QED) is 0.117. The van der Waals surface area contributed by atoms with Crippen molar-refractivity contribution in [2.75, 3.05) is 18.5 Å². The number of nitro groups is 2. The summed E-state index contributed by atoms with van der Waals surface area (Å²) in [5, 5.41) is 22.6. The number of non-ortho nitro benzene ring substituents is 2. The van der Waals surface area contributed by atoms with E-state index in [9.17, 15) is 33.4 Å². The molecule has 1 aliphatic heterocycles. The number of rotatable bonds is 7. The number of alkyl halides is 2. The normalized spacial score (nSPS) is 21.5. The standard InChI is InChI=1S/C26H27N3O8S.CH2Cl2/c1-17-8-10-22(11-9-17)38(35,36)27-15-24-18(2)6-4-3-5-7-23(24)25(27)16-37-26(30)19-12-20(28(31)32)14-21(13-19)29(33)34;2-1-3/h3-4,8-14,23,25H,5-7,15-16H2,1-2H3;1H2/b4-3-,24-18-;/t23-,25+;/m1./s1. The number of halogens is 2. The Morgan fingerprint density at radius 1 is 1.02 bits per heavy atom. The predicted molar refractivity (Wildman–Crippen MR) is 155 cm³/mol. The van der Waals surface area contributed by atoms with Crippen LogP contribution in [0.2, 0.25) is 0 Å². The smallest absolute Gasteiger partial charge is 0.338 e. The second-order valence-electron chi connectivity index (χ2n) is 9.55. The summed E-state index contributed by atoms with van der Waals surface area (Å²) in [4.78, 5) is 33.8. The summed E-state index contributed by atoms with van der Waals surface area (Å²) in [5.41, 5.74) is 1.35. The van der Waals surface area contributed by atoms with Gasteiger partial charge in [0.15, 0.2) is 0 Å². The van der Waals surface area contributed by atoms with Crippen molar-refractivity contribution in [1.29, 1.82) is 0 Å². The average Bonchev–Trinajstić information content (AvgIpc) is 3.29. The molecule has 4 rings (SSSR count). The number of hydrogen-bond donors (Lipinski definition) is 0. The van der Waals surface area contributed by atoms with Crippen molar-refractivity contribution in [1.82, 2.24) is 4.31 Å². The molecule has 0 amide bonds. The molecule has 1 aliphatic carbocycles. The maximum Gasteiger partial charge on any atom is 0.338 e. The molecular formula is C27H29Cl2N3O8S. The Hall–Kier alpha value is -3.32. The molecular weight excluding hydrogens is 597 g/mol. The molecule has 2 atom stereocenters. The van der Waals surface area contributed by atoms with Crippen molar-refractivity contribution in [2.24, 2.45) is 5.92 Å². The number of allylic oxidation sites excluding steroid dienone is 3. The van der Waals surface area contributed by atoms with Gasteiger partial charge >= 0.3 is 5.97 Å². The van der Waals surface area contributed by atoms with Crippen molar-refractivity contribution < 1.29 is 27.8 Å². The average molecular weight is 627 g/mol. The van der Waals surface area contributed by atoms with Gasteiger partial charge in [-0.15, -0.1) is 23.2 Å². The fraction of sp³-hybridized carbons (Fsp3) is 0.370. The lowest BCUT2D eigenvalue weighted by Crippen LogP contribution is -2.41. The minimum absolute atomic E-state index is 0.124. The number of carbonyl (C=O) groups excluding carboxylic acids is 1. The van der Waals surface area contributed by atoms with E-state index >= 15 is 0 Å².